The number of rotatable bonds is 5. The van der Waals surface area contributed by atoms with Crippen molar-refractivity contribution < 1.29 is 14.3 Å². The Balaban J connectivity index is 2.24. The minimum Gasteiger partial charge on any atom is -0.493 e. The lowest BCUT2D eigenvalue weighted by atomic mass is 10.0. The maximum absolute atomic E-state index is 12.4. The van der Waals surface area contributed by atoms with Crippen LogP contribution in [0.25, 0.3) is 0 Å². The SMILES string of the molecule is COc1cc(C)c(C(C)NC(=O)c2cccc(C#N)c2)cc1OC. The topological polar surface area (TPSA) is 71.3 Å². The summed E-state index contributed by atoms with van der Waals surface area (Å²) in [6, 6.07) is 12.2. The number of aryl methyl sites for hydroxylation is 1. The van der Waals surface area contributed by atoms with E-state index in [2.05, 4.69) is 5.32 Å². The molecule has 1 N–H and O–H groups in total. The highest BCUT2D eigenvalue weighted by molar-refractivity contribution is 5.94. The van der Waals surface area contributed by atoms with E-state index in [9.17, 15) is 4.79 Å². The van der Waals surface area contributed by atoms with Crippen LogP contribution in [0.1, 0.15) is 40.0 Å². The summed E-state index contributed by atoms with van der Waals surface area (Å²) in [5.74, 6) is 1.04. The number of carbonyl (C=O) groups is 1. The molecule has 5 nitrogen and oxygen atoms in total. The fraction of sp³-hybridized carbons (Fsp3) is 0.263. The van der Waals surface area contributed by atoms with E-state index in [1.807, 2.05) is 32.0 Å². The van der Waals surface area contributed by atoms with Crippen molar-refractivity contribution in [2.24, 2.45) is 0 Å². The number of ether oxygens (including phenoxy) is 2. The zero-order chi connectivity index (χ0) is 17.7. The Morgan fingerprint density at radius 2 is 1.83 bits per heavy atom. The minimum absolute atomic E-state index is 0.219. The number of benzene rings is 2. The van der Waals surface area contributed by atoms with E-state index in [1.165, 1.54) is 0 Å². The van der Waals surface area contributed by atoms with E-state index in [-0.39, 0.29) is 11.9 Å². The molecule has 0 heterocycles. The molecular formula is C19H20N2O3. The second-order valence-corrected chi connectivity index (χ2v) is 5.45. The van der Waals surface area contributed by atoms with Crippen molar-refractivity contribution in [1.82, 2.24) is 5.32 Å². The van der Waals surface area contributed by atoms with E-state index < -0.39 is 0 Å². The quantitative estimate of drug-likeness (QED) is 0.915. The van der Waals surface area contributed by atoms with Gasteiger partial charge in [0.05, 0.1) is 31.9 Å². The lowest BCUT2D eigenvalue weighted by Crippen LogP contribution is -2.27. The van der Waals surface area contributed by atoms with Crippen LogP contribution in [0.4, 0.5) is 0 Å². The van der Waals surface area contributed by atoms with Gasteiger partial charge in [0.1, 0.15) is 0 Å². The van der Waals surface area contributed by atoms with Gasteiger partial charge in [-0.1, -0.05) is 6.07 Å². The summed E-state index contributed by atoms with van der Waals surface area (Å²) < 4.78 is 10.6. The lowest BCUT2D eigenvalue weighted by Gasteiger charge is -2.19. The summed E-state index contributed by atoms with van der Waals surface area (Å²) in [5, 5.41) is 11.9. The van der Waals surface area contributed by atoms with Gasteiger partial charge in [-0.05, 0) is 55.3 Å². The summed E-state index contributed by atoms with van der Waals surface area (Å²) in [5.41, 5.74) is 2.85. The molecule has 1 unspecified atom stereocenters. The van der Waals surface area contributed by atoms with Crippen LogP contribution >= 0.6 is 0 Å². The molecule has 0 aliphatic rings. The number of nitrogens with zero attached hydrogens (tertiary/aromatic N) is 1. The predicted octanol–water partition coefficient (Wildman–Crippen LogP) is 3.37. The monoisotopic (exact) mass is 324 g/mol. The molecule has 0 spiro atoms. The van der Waals surface area contributed by atoms with Crippen LogP contribution in [-0.2, 0) is 0 Å². The number of amides is 1. The van der Waals surface area contributed by atoms with Crippen molar-refractivity contribution in [3.8, 4) is 17.6 Å². The van der Waals surface area contributed by atoms with Crippen LogP contribution in [0.5, 0.6) is 11.5 Å². The third-order valence-corrected chi connectivity index (χ3v) is 3.84. The van der Waals surface area contributed by atoms with E-state index in [0.29, 0.717) is 22.6 Å². The van der Waals surface area contributed by atoms with E-state index in [0.717, 1.165) is 11.1 Å². The molecule has 0 fully saturated rings. The Labute approximate surface area is 141 Å². The van der Waals surface area contributed by atoms with E-state index in [1.54, 1.807) is 38.5 Å². The van der Waals surface area contributed by atoms with Crippen molar-refractivity contribution in [2.75, 3.05) is 14.2 Å². The van der Waals surface area contributed by atoms with Gasteiger partial charge in [-0.3, -0.25) is 4.79 Å². The molecule has 2 rings (SSSR count). The van der Waals surface area contributed by atoms with Gasteiger partial charge in [0.15, 0.2) is 11.5 Å². The predicted molar refractivity (Wildman–Crippen MR) is 91.3 cm³/mol. The first-order valence-corrected chi connectivity index (χ1v) is 7.53. The number of hydrogen-bond donors (Lipinski definition) is 1. The number of nitrogens with one attached hydrogen (secondary N) is 1. The summed E-state index contributed by atoms with van der Waals surface area (Å²) in [6.45, 7) is 3.86. The minimum atomic E-state index is -0.228. The highest BCUT2D eigenvalue weighted by Gasteiger charge is 2.16. The second-order valence-electron chi connectivity index (χ2n) is 5.45. The number of nitriles is 1. The van der Waals surface area contributed by atoms with Gasteiger partial charge in [0.2, 0.25) is 0 Å². The average Bonchev–Trinajstić information content (AvgIpc) is 2.61. The summed E-state index contributed by atoms with van der Waals surface area (Å²) in [7, 11) is 3.16. The molecule has 0 aliphatic heterocycles. The highest BCUT2D eigenvalue weighted by Crippen LogP contribution is 2.32. The molecule has 2 aromatic carbocycles. The van der Waals surface area contributed by atoms with Crippen LogP contribution in [0.15, 0.2) is 36.4 Å². The molecule has 0 aliphatic carbocycles. The first kappa shape index (κ1) is 17.4. The molecule has 0 bridgehead atoms. The molecule has 124 valence electrons. The van der Waals surface area contributed by atoms with Gasteiger partial charge < -0.3 is 14.8 Å². The zero-order valence-electron chi connectivity index (χ0n) is 14.2. The molecule has 1 amide bonds. The fourth-order valence-corrected chi connectivity index (χ4v) is 2.55. The molecular weight excluding hydrogens is 304 g/mol. The average molecular weight is 324 g/mol. The van der Waals surface area contributed by atoms with Crippen molar-refractivity contribution in [3.63, 3.8) is 0 Å². The van der Waals surface area contributed by atoms with E-state index >= 15 is 0 Å². The highest BCUT2D eigenvalue weighted by atomic mass is 16.5. The number of hydrogen-bond acceptors (Lipinski definition) is 4. The zero-order valence-corrected chi connectivity index (χ0v) is 14.2. The normalized spacial score (nSPS) is 11.3. The Morgan fingerprint density at radius 3 is 2.46 bits per heavy atom. The number of carbonyl (C=O) groups excluding carboxylic acids is 1. The van der Waals surface area contributed by atoms with Gasteiger partial charge in [-0.15, -0.1) is 0 Å². The largest absolute Gasteiger partial charge is 0.493 e. The first-order valence-electron chi connectivity index (χ1n) is 7.53. The molecule has 0 aromatic heterocycles. The molecule has 5 heteroatoms. The first-order chi connectivity index (χ1) is 11.5. The lowest BCUT2D eigenvalue weighted by molar-refractivity contribution is 0.0939. The van der Waals surface area contributed by atoms with Gasteiger partial charge in [-0.2, -0.15) is 5.26 Å². The van der Waals surface area contributed by atoms with Crippen LogP contribution < -0.4 is 14.8 Å². The smallest absolute Gasteiger partial charge is 0.251 e. The Morgan fingerprint density at radius 1 is 1.17 bits per heavy atom. The summed E-state index contributed by atoms with van der Waals surface area (Å²) >= 11 is 0. The molecule has 0 radical (unpaired) electrons. The number of methoxy groups -OCH3 is 2. The van der Waals surface area contributed by atoms with Crippen LogP contribution in [0.2, 0.25) is 0 Å². The van der Waals surface area contributed by atoms with Crippen molar-refractivity contribution in [1.29, 1.82) is 5.26 Å². The third-order valence-electron chi connectivity index (χ3n) is 3.84. The van der Waals surface area contributed by atoms with Crippen molar-refractivity contribution in [3.05, 3.63) is 58.7 Å². The van der Waals surface area contributed by atoms with Crippen molar-refractivity contribution in [2.45, 2.75) is 19.9 Å². The molecule has 2 aromatic rings. The summed E-state index contributed by atoms with van der Waals surface area (Å²) in [6.07, 6.45) is 0. The van der Waals surface area contributed by atoms with Gasteiger partial charge in [0, 0.05) is 5.56 Å². The van der Waals surface area contributed by atoms with Crippen LogP contribution in [0.3, 0.4) is 0 Å². The summed E-state index contributed by atoms with van der Waals surface area (Å²) in [4.78, 5) is 12.4. The van der Waals surface area contributed by atoms with Gasteiger partial charge in [-0.25, -0.2) is 0 Å². The Hall–Kier alpha value is -3.00. The van der Waals surface area contributed by atoms with Gasteiger partial charge >= 0.3 is 0 Å². The maximum Gasteiger partial charge on any atom is 0.251 e. The second kappa shape index (κ2) is 7.51. The molecule has 1 atom stereocenters. The van der Waals surface area contributed by atoms with Crippen LogP contribution in [0, 0.1) is 18.3 Å². The standard InChI is InChI=1S/C19H20N2O3/c1-12-8-17(23-3)18(24-4)10-16(12)13(2)21-19(22)15-7-5-6-14(9-15)11-20/h5-10,13H,1-4H3,(H,21,22). The molecule has 24 heavy (non-hydrogen) atoms. The third kappa shape index (κ3) is 3.66. The van der Waals surface area contributed by atoms with Gasteiger partial charge in [0.25, 0.3) is 5.91 Å². The fourth-order valence-electron chi connectivity index (χ4n) is 2.55. The van der Waals surface area contributed by atoms with E-state index in [4.69, 9.17) is 14.7 Å². The molecule has 0 saturated carbocycles. The molecule has 0 saturated heterocycles. The van der Waals surface area contributed by atoms with Crippen LogP contribution in [-0.4, -0.2) is 20.1 Å². The Bertz CT molecular complexity index is 794. The maximum atomic E-state index is 12.4. The Kier molecular flexibility index (Phi) is 5.43. The van der Waals surface area contributed by atoms with Crippen molar-refractivity contribution >= 4 is 5.91 Å².